The molecule has 2 heterocycles. The summed E-state index contributed by atoms with van der Waals surface area (Å²) in [4.78, 5) is 18.8. The van der Waals surface area contributed by atoms with Gasteiger partial charge in [0, 0.05) is 35.3 Å². The first kappa shape index (κ1) is 17.9. The van der Waals surface area contributed by atoms with E-state index in [1.165, 1.54) is 12.1 Å². The Balaban J connectivity index is 1.51. The molecule has 1 fully saturated rings. The number of rotatable bonds is 3. The molecule has 1 aliphatic rings. The average molecular weight is 401 g/mol. The maximum absolute atomic E-state index is 12.7. The summed E-state index contributed by atoms with van der Waals surface area (Å²) in [6.45, 7) is 2.35. The van der Waals surface area contributed by atoms with Gasteiger partial charge in [-0.25, -0.2) is 8.42 Å². The van der Waals surface area contributed by atoms with Gasteiger partial charge < -0.3 is 4.90 Å². The highest BCUT2D eigenvalue weighted by Gasteiger charge is 2.40. The van der Waals surface area contributed by atoms with Gasteiger partial charge >= 0.3 is 0 Å². The van der Waals surface area contributed by atoms with Crippen molar-refractivity contribution in [2.75, 3.05) is 13.1 Å². The highest BCUT2D eigenvalue weighted by atomic mass is 35.5. The van der Waals surface area contributed by atoms with E-state index in [1.807, 2.05) is 25.1 Å². The number of aryl methyl sites for hydroxylation is 1. The van der Waals surface area contributed by atoms with Crippen molar-refractivity contribution in [3.05, 3.63) is 70.9 Å². The summed E-state index contributed by atoms with van der Waals surface area (Å²) >= 11 is 5.82. The third-order valence-electron chi connectivity index (χ3n) is 4.92. The van der Waals surface area contributed by atoms with Crippen LogP contribution in [-0.4, -0.2) is 42.5 Å². The molecule has 1 amide bonds. The number of aromatic nitrogens is 1. The molecule has 1 saturated heterocycles. The first-order valence-electron chi connectivity index (χ1n) is 8.50. The summed E-state index contributed by atoms with van der Waals surface area (Å²) in [5.74, 6) is -0.164. The van der Waals surface area contributed by atoms with E-state index >= 15 is 0 Å². The number of carbonyl (C=O) groups is 1. The summed E-state index contributed by atoms with van der Waals surface area (Å²) in [6.07, 6.45) is 1.74. The minimum atomic E-state index is -3.47. The van der Waals surface area contributed by atoms with Crippen LogP contribution in [0.2, 0.25) is 5.02 Å². The van der Waals surface area contributed by atoms with Gasteiger partial charge in [-0.15, -0.1) is 0 Å². The topological polar surface area (TPSA) is 67.3 Å². The fourth-order valence-corrected chi connectivity index (χ4v) is 4.99. The van der Waals surface area contributed by atoms with Gasteiger partial charge in [-0.3, -0.25) is 9.78 Å². The van der Waals surface area contributed by atoms with E-state index in [1.54, 1.807) is 29.3 Å². The van der Waals surface area contributed by atoms with Gasteiger partial charge in [-0.2, -0.15) is 0 Å². The molecule has 0 atom stereocenters. The van der Waals surface area contributed by atoms with Crippen LogP contribution in [0.25, 0.3) is 10.9 Å². The number of pyridine rings is 1. The minimum Gasteiger partial charge on any atom is -0.336 e. The SMILES string of the molecule is Cc1ccnc2ccc(C(=O)N3CC(S(=O)(=O)c4ccc(Cl)cc4)C3)cc12. The predicted octanol–water partition coefficient (Wildman–Crippen LogP) is 3.49. The van der Waals surface area contributed by atoms with Crippen LogP contribution in [0, 0.1) is 6.92 Å². The van der Waals surface area contributed by atoms with Crippen molar-refractivity contribution < 1.29 is 13.2 Å². The lowest BCUT2D eigenvalue weighted by molar-refractivity contribution is 0.0659. The Labute approximate surface area is 162 Å². The summed E-state index contributed by atoms with van der Waals surface area (Å²) in [6, 6.07) is 13.4. The van der Waals surface area contributed by atoms with E-state index in [0.717, 1.165) is 16.5 Å². The maximum atomic E-state index is 12.7. The van der Waals surface area contributed by atoms with Crippen molar-refractivity contribution in [1.82, 2.24) is 9.88 Å². The predicted molar refractivity (Wildman–Crippen MR) is 105 cm³/mol. The molecular formula is C20H17ClN2O3S. The van der Waals surface area contributed by atoms with E-state index in [0.29, 0.717) is 10.6 Å². The van der Waals surface area contributed by atoms with Crippen LogP contribution in [0.1, 0.15) is 15.9 Å². The minimum absolute atomic E-state index is 0.164. The second kappa shape index (κ2) is 6.62. The van der Waals surface area contributed by atoms with E-state index in [2.05, 4.69) is 4.98 Å². The van der Waals surface area contributed by atoms with Crippen molar-refractivity contribution in [3.63, 3.8) is 0 Å². The van der Waals surface area contributed by atoms with Gasteiger partial charge in [-0.1, -0.05) is 11.6 Å². The van der Waals surface area contributed by atoms with Gasteiger partial charge in [0.05, 0.1) is 10.4 Å². The molecule has 4 rings (SSSR count). The molecule has 27 heavy (non-hydrogen) atoms. The molecular weight excluding hydrogens is 384 g/mol. The number of benzene rings is 2. The number of carbonyl (C=O) groups excluding carboxylic acids is 1. The monoisotopic (exact) mass is 400 g/mol. The lowest BCUT2D eigenvalue weighted by Gasteiger charge is -2.38. The second-order valence-electron chi connectivity index (χ2n) is 6.69. The normalized spacial score (nSPS) is 15.0. The van der Waals surface area contributed by atoms with Gasteiger partial charge in [0.1, 0.15) is 5.25 Å². The first-order valence-corrected chi connectivity index (χ1v) is 10.4. The molecule has 3 aromatic rings. The first-order chi connectivity index (χ1) is 12.9. The molecule has 0 saturated carbocycles. The Morgan fingerprint density at radius 2 is 1.81 bits per heavy atom. The van der Waals surface area contributed by atoms with E-state index in [4.69, 9.17) is 11.6 Å². The molecule has 7 heteroatoms. The van der Waals surface area contributed by atoms with Crippen LogP contribution in [0.5, 0.6) is 0 Å². The Bertz CT molecular complexity index is 1140. The summed E-state index contributed by atoms with van der Waals surface area (Å²) in [5.41, 5.74) is 2.42. The number of hydrogen-bond acceptors (Lipinski definition) is 4. The Hall–Kier alpha value is -2.44. The Morgan fingerprint density at radius 3 is 2.52 bits per heavy atom. The van der Waals surface area contributed by atoms with E-state index in [9.17, 15) is 13.2 Å². The molecule has 2 aromatic carbocycles. The molecule has 0 radical (unpaired) electrons. The maximum Gasteiger partial charge on any atom is 0.253 e. The van der Waals surface area contributed by atoms with Gasteiger partial charge in [0.2, 0.25) is 0 Å². The smallest absolute Gasteiger partial charge is 0.253 e. The highest BCUT2D eigenvalue weighted by Crippen LogP contribution is 2.27. The van der Waals surface area contributed by atoms with Crippen molar-refractivity contribution >= 4 is 38.2 Å². The van der Waals surface area contributed by atoms with Crippen molar-refractivity contribution in [3.8, 4) is 0 Å². The van der Waals surface area contributed by atoms with Crippen molar-refractivity contribution in [1.29, 1.82) is 0 Å². The molecule has 0 spiro atoms. The molecule has 1 aliphatic heterocycles. The standard InChI is InChI=1S/C20H17ClN2O3S/c1-13-8-9-22-19-7-2-14(10-18(13)19)20(24)23-11-17(12-23)27(25,26)16-5-3-15(21)4-6-16/h2-10,17H,11-12H2,1H3. The van der Waals surface area contributed by atoms with Crippen LogP contribution >= 0.6 is 11.6 Å². The third kappa shape index (κ3) is 3.19. The van der Waals surface area contributed by atoms with Crippen LogP contribution in [-0.2, 0) is 9.84 Å². The van der Waals surface area contributed by atoms with Gasteiger partial charge in [0.25, 0.3) is 5.91 Å². The second-order valence-corrected chi connectivity index (χ2v) is 9.36. The number of likely N-dealkylation sites (tertiary alicyclic amines) is 1. The zero-order valence-electron chi connectivity index (χ0n) is 14.6. The molecule has 0 unspecified atom stereocenters. The zero-order valence-corrected chi connectivity index (χ0v) is 16.2. The fraction of sp³-hybridized carbons (Fsp3) is 0.200. The lowest BCUT2D eigenvalue weighted by atomic mass is 10.0. The van der Waals surface area contributed by atoms with Gasteiger partial charge in [0.15, 0.2) is 9.84 Å². The van der Waals surface area contributed by atoms with Crippen LogP contribution in [0.3, 0.4) is 0 Å². The largest absolute Gasteiger partial charge is 0.336 e. The molecule has 5 nitrogen and oxygen atoms in total. The molecule has 0 N–H and O–H groups in total. The van der Waals surface area contributed by atoms with Crippen molar-refractivity contribution in [2.24, 2.45) is 0 Å². The number of fused-ring (bicyclic) bond motifs is 1. The molecule has 0 aliphatic carbocycles. The average Bonchev–Trinajstić information content (AvgIpc) is 2.60. The summed E-state index contributed by atoms with van der Waals surface area (Å²) < 4.78 is 25.3. The number of amides is 1. The van der Waals surface area contributed by atoms with Crippen LogP contribution < -0.4 is 0 Å². The Morgan fingerprint density at radius 1 is 1.11 bits per heavy atom. The third-order valence-corrected chi connectivity index (χ3v) is 7.28. The van der Waals surface area contributed by atoms with Crippen molar-refractivity contribution in [2.45, 2.75) is 17.1 Å². The molecule has 138 valence electrons. The van der Waals surface area contributed by atoms with Crippen LogP contribution in [0.15, 0.2) is 59.6 Å². The number of sulfone groups is 1. The van der Waals surface area contributed by atoms with E-state index < -0.39 is 15.1 Å². The number of halogens is 1. The summed E-state index contributed by atoms with van der Waals surface area (Å²) in [5, 5.41) is 0.821. The highest BCUT2D eigenvalue weighted by molar-refractivity contribution is 7.92. The Kier molecular flexibility index (Phi) is 4.40. The van der Waals surface area contributed by atoms with Gasteiger partial charge in [-0.05, 0) is 61.0 Å². The quantitative estimate of drug-likeness (QED) is 0.674. The number of nitrogens with zero attached hydrogens (tertiary/aromatic N) is 2. The zero-order chi connectivity index (χ0) is 19.2. The molecule has 0 bridgehead atoms. The lowest BCUT2D eigenvalue weighted by Crippen LogP contribution is -2.56. The fourth-order valence-electron chi connectivity index (χ4n) is 3.22. The van der Waals surface area contributed by atoms with E-state index in [-0.39, 0.29) is 23.9 Å². The molecule has 1 aromatic heterocycles. The number of hydrogen-bond donors (Lipinski definition) is 0. The van der Waals surface area contributed by atoms with Crippen LogP contribution in [0.4, 0.5) is 0 Å². The summed E-state index contributed by atoms with van der Waals surface area (Å²) in [7, 11) is -3.47.